The monoisotopic (exact) mass is 574 g/mol. The minimum absolute atomic E-state index is 0.0485. The van der Waals surface area contributed by atoms with E-state index in [-0.39, 0.29) is 24.6 Å². The van der Waals surface area contributed by atoms with Gasteiger partial charge in [-0.15, -0.1) is 11.8 Å². The van der Waals surface area contributed by atoms with Gasteiger partial charge in [0.05, 0.1) is 28.5 Å². The van der Waals surface area contributed by atoms with Crippen LogP contribution in [0, 0.1) is 5.82 Å². The molecular weight excluding hydrogens is 547 g/mol. The Labute approximate surface area is 239 Å². The Morgan fingerprint density at radius 2 is 1.82 bits per heavy atom. The molecule has 204 valence electrons. The van der Waals surface area contributed by atoms with Gasteiger partial charge in [-0.1, -0.05) is 59.9 Å². The van der Waals surface area contributed by atoms with E-state index in [4.69, 9.17) is 9.47 Å². The predicted octanol–water partition coefficient (Wildman–Crippen LogP) is 5.24. The molecular formula is C31H27FN2O4S2. The third-order valence-electron chi connectivity index (χ3n) is 6.50. The number of halogens is 1. The lowest BCUT2D eigenvalue weighted by atomic mass is 9.96. The predicted molar refractivity (Wildman–Crippen MR) is 156 cm³/mol. The van der Waals surface area contributed by atoms with Crippen LogP contribution >= 0.6 is 23.1 Å². The van der Waals surface area contributed by atoms with Crippen LogP contribution in [0.1, 0.15) is 36.6 Å². The Balaban J connectivity index is 1.60. The molecule has 0 aliphatic carbocycles. The molecule has 0 N–H and O–H groups in total. The van der Waals surface area contributed by atoms with Crippen LogP contribution in [-0.4, -0.2) is 23.4 Å². The zero-order valence-corrected chi connectivity index (χ0v) is 23.9. The van der Waals surface area contributed by atoms with Gasteiger partial charge in [-0.2, -0.15) is 0 Å². The summed E-state index contributed by atoms with van der Waals surface area (Å²) in [5.41, 5.74) is 2.47. The molecule has 3 aromatic carbocycles. The number of benzene rings is 3. The minimum Gasteiger partial charge on any atom is -0.488 e. The number of hydrogen-bond acceptors (Lipinski definition) is 7. The molecule has 1 aliphatic rings. The molecule has 0 unspecified atom stereocenters. The molecule has 0 radical (unpaired) electrons. The van der Waals surface area contributed by atoms with Crippen molar-refractivity contribution in [2.24, 2.45) is 4.99 Å². The molecule has 0 saturated carbocycles. The van der Waals surface area contributed by atoms with E-state index >= 15 is 0 Å². The van der Waals surface area contributed by atoms with Crippen molar-refractivity contribution in [1.29, 1.82) is 0 Å². The van der Waals surface area contributed by atoms with Crippen molar-refractivity contribution in [2.45, 2.75) is 31.4 Å². The maximum atomic E-state index is 14.1. The Morgan fingerprint density at radius 3 is 2.55 bits per heavy atom. The molecule has 1 atom stereocenters. The first kappa shape index (κ1) is 27.6. The van der Waals surface area contributed by atoms with Gasteiger partial charge < -0.3 is 9.47 Å². The van der Waals surface area contributed by atoms with Gasteiger partial charge in [0, 0.05) is 16.0 Å². The maximum Gasteiger partial charge on any atom is 0.338 e. The minimum atomic E-state index is -0.680. The van der Waals surface area contributed by atoms with Crippen LogP contribution in [0.3, 0.4) is 0 Å². The van der Waals surface area contributed by atoms with Gasteiger partial charge >= 0.3 is 5.97 Å². The number of hydrogen-bond donors (Lipinski definition) is 0. The smallest absolute Gasteiger partial charge is 0.338 e. The van der Waals surface area contributed by atoms with E-state index in [1.165, 1.54) is 17.4 Å². The van der Waals surface area contributed by atoms with Crippen molar-refractivity contribution in [1.82, 2.24) is 4.57 Å². The van der Waals surface area contributed by atoms with E-state index in [9.17, 15) is 14.0 Å². The normalized spacial score (nSPS) is 15.0. The fraction of sp³-hybridized carbons (Fsp3) is 0.194. The van der Waals surface area contributed by atoms with Crippen LogP contribution in [0.5, 0.6) is 5.75 Å². The summed E-state index contributed by atoms with van der Waals surface area (Å²) >= 11 is 2.85. The van der Waals surface area contributed by atoms with Crippen LogP contribution in [0.25, 0.3) is 6.08 Å². The van der Waals surface area contributed by atoms with E-state index < -0.39 is 12.0 Å². The lowest BCUT2D eigenvalue weighted by molar-refractivity contribution is -0.139. The summed E-state index contributed by atoms with van der Waals surface area (Å²) in [5, 5.41) is 0. The highest BCUT2D eigenvalue weighted by atomic mass is 32.2. The average Bonchev–Trinajstić information content (AvgIpc) is 3.26. The molecule has 2 heterocycles. The molecule has 1 aromatic heterocycles. The molecule has 0 amide bonds. The van der Waals surface area contributed by atoms with E-state index in [2.05, 4.69) is 4.99 Å². The number of thioether (sulfide) groups is 1. The summed E-state index contributed by atoms with van der Waals surface area (Å²) in [7, 11) is 0. The van der Waals surface area contributed by atoms with E-state index in [0.29, 0.717) is 37.5 Å². The van der Waals surface area contributed by atoms with Gasteiger partial charge in [0.1, 0.15) is 18.2 Å². The first-order chi connectivity index (χ1) is 19.4. The Kier molecular flexibility index (Phi) is 8.32. The summed E-state index contributed by atoms with van der Waals surface area (Å²) < 4.78 is 27.5. The first-order valence-corrected chi connectivity index (χ1v) is 14.7. The zero-order valence-electron chi connectivity index (χ0n) is 22.2. The van der Waals surface area contributed by atoms with Crippen LogP contribution in [0.2, 0.25) is 0 Å². The zero-order chi connectivity index (χ0) is 28.2. The van der Waals surface area contributed by atoms with Gasteiger partial charge in [-0.05, 0) is 56.0 Å². The van der Waals surface area contributed by atoms with Crippen molar-refractivity contribution >= 4 is 35.1 Å². The highest BCUT2D eigenvalue weighted by Gasteiger charge is 2.33. The Bertz CT molecular complexity index is 1770. The standard InChI is InChI=1S/C31H27FN2O4S2/c1-4-37-30(36)27-19(2)33-31-34(28(27)20-13-15-23(39-3)16-14-20)29(35)26(40-31)17-21-9-6-8-12-25(21)38-18-22-10-5-7-11-24(22)32/h5-17,28H,4,18H2,1-3H3/b26-17-/t28-/m1/s1. The lowest BCUT2D eigenvalue weighted by Crippen LogP contribution is -2.39. The van der Waals surface area contributed by atoms with Gasteiger partial charge in [0.15, 0.2) is 4.80 Å². The van der Waals surface area contributed by atoms with Crippen molar-refractivity contribution < 1.29 is 18.7 Å². The molecule has 0 bridgehead atoms. The quantitative estimate of drug-likeness (QED) is 0.213. The van der Waals surface area contributed by atoms with Crippen LogP contribution in [0.15, 0.2) is 98.7 Å². The number of nitrogens with zero attached hydrogens (tertiary/aromatic N) is 2. The number of esters is 1. The number of carbonyl (C=O) groups excluding carboxylic acids is 1. The molecule has 40 heavy (non-hydrogen) atoms. The van der Waals surface area contributed by atoms with Gasteiger partial charge in [0.25, 0.3) is 5.56 Å². The third kappa shape index (κ3) is 5.52. The topological polar surface area (TPSA) is 69.9 Å². The van der Waals surface area contributed by atoms with E-state index in [1.807, 2.05) is 48.7 Å². The Hall–Kier alpha value is -3.95. The number of rotatable bonds is 8. The number of carbonyl (C=O) groups is 1. The number of allylic oxidation sites excluding steroid dienone is 1. The molecule has 5 rings (SSSR count). The number of thiazole rings is 1. The molecule has 6 nitrogen and oxygen atoms in total. The van der Waals surface area contributed by atoms with Gasteiger partial charge in [-0.25, -0.2) is 14.2 Å². The molecule has 0 saturated heterocycles. The van der Waals surface area contributed by atoms with Crippen LogP contribution < -0.4 is 19.6 Å². The molecule has 0 fully saturated rings. The third-order valence-corrected chi connectivity index (χ3v) is 8.22. The number of para-hydroxylation sites is 1. The van der Waals surface area contributed by atoms with Crippen molar-refractivity contribution in [3.63, 3.8) is 0 Å². The lowest BCUT2D eigenvalue weighted by Gasteiger charge is -2.24. The fourth-order valence-corrected chi connectivity index (χ4v) is 5.98. The number of ether oxygens (including phenoxy) is 2. The summed E-state index contributed by atoms with van der Waals surface area (Å²) in [6.07, 6.45) is 3.74. The van der Waals surface area contributed by atoms with Crippen molar-refractivity contribution in [2.75, 3.05) is 12.9 Å². The van der Waals surface area contributed by atoms with Gasteiger partial charge in [0.2, 0.25) is 0 Å². The molecule has 1 aliphatic heterocycles. The number of aromatic nitrogens is 1. The fourth-order valence-electron chi connectivity index (χ4n) is 4.54. The molecule has 4 aromatic rings. The summed E-state index contributed by atoms with van der Waals surface area (Å²) in [4.78, 5) is 33.2. The van der Waals surface area contributed by atoms with Crippen LogP contribution in [0.4, 0.5) is 4.39 Å². The highest BCUT2D eigenvalue weighted by molar-refractivity contribution is 7.98. The maximum absolute atomic E-state index is 14.1. The van der Waals surface area contributed by atoms with Gasteiger partial charge in [-0.3, -0.25) is 9.36 Å². The van der Waals surface area contributed by atoms with E-state index in [1.54, 1.807) is 60.5 Å². The second kappa shape index (κ2) is 12.1. The van der Waals surface area contributed by atoms with E-state index in [0.717, 1.165) is 10.5 Å². The first-order valence-electron chi connectivity index (χ1n) is 12.7. The SMILES string of the molecule is CCOC(=O)C1=C(C)N=c2s/c(=C\c3ccccc3OCc3ccccc3F)c(=O)n2[C@@H]1c1ccc(SC)cc1. The summed E-state index contributed by atoms with van der Waals surface area (Å²) in [6.45, 7) is 3.77. The largest absolute Gasteiger partial charge is 0.488 e. The summed E-state index contributed by atoms with van der Waals surface area (Å²) in [6, 6.07) is 20.8. The summed E-state index contributed by atoms with van der Waals surface area (Å²) in [5.74, 6) is -0.320. The molecule has 0 spiro atoms. The second-order valence-electron chi connectivity index (χ2n) is 8.99. The second-order valence-corrected chi connectivity index (χ2v) is 10.9. The number of fused-ring (bicyclic) bond motifs is 1. The van der Waals surface area contributed by atoms with Crippen molar-refractivity contribution in [3.05, 3.63) is 126 Å². The van der Waals surface area contributed by atoms with Crippen LogP contribution in [-0.2, 0) is 16.1 Å². The highest BCUT2D eigenvalue weighted by Crippen LogP contribution is 2.31. The Morgan fingerprint density at radius 1 is 1.10 bits per heavy atom. The average molecular weight is 575 g/mol. The van der Waals surface area contributed by atoms with Crippen molar-refractivity contribution in [3.8, 4) is 5.75 Å². The molecule has 9 heteroatoms.